The molecule has 0 aliphatic carbocycles. The van der Waals surface area contributed by atoms with Gasteiger partial charge in [0, 0.05) is 57.3 Å². The number of likely N-dealkylation sites (tertiary alicyclic amines) is 1. The van der Waals surface area contributed by atoms with Crippen LogP contribution in [0.2, 0.25) is 5.02 Å². The molecule has 0 spiro atoms. The number of hydrogen-bond donors (Lipinski definition) is 0. The van der Waals surface area contributed by atoms with E-state index < -0.39 is 10.3 Å². The second-order valence-electron chi connectivity index (χ2n) is 8.62. The minimum absolute atomic E-state index is 0.0281. The number of carbonyl (C=O) groups excluding carboxylic acids is 2. The lowest BCUT2D eigenvalue weighted by Crippen LogP contribution is -2.57. The lowest BCUT2D eigenvalue weighted by molar-refractivity contribution is -0.384. The van der Waals surface area contributed by atoms with Crippen molar-refractivity contribution in [1.29, 1.82) is 0 Å². The van der Waals surface area contributed by atoms with E-state index in [1.807, 2.05) is 40.1 Å². The Labute approximate surface area is 197 Å². The molecular weight excluding hydrogens is 444 g/mol. The molecule has 8 nitrogen and oxygen atoms in total. The first kappa shape index (κ1) is 23.0. The Morgan fingerprint density at radius 3 is 2.15 bits per heavy atom. The number of hydrogen-bond acceptors (Lipinski definition) is 5. The normalized spacial score (nSPS) is 18.2. The average molecular weight is 471 g/mol. The van der Waals surface area contributed by atoms with Gasteiger partial charge in [0.15, 0.2) is 0 Å². The van der Waals surface area contributed by atoms with Gasteiger partial charge in [0.1, 0.15) is 5.69 Å². The van der Waals surface area contributed by atoms with E-state index in [4.69, 9.17) is 11.6 Å². The van der Waals surface area contributed by atoms with Crippen molar-refractivity contribution < 1.29 is 14.5 Å². The summed E-state index contributed by atoms with van der Waals surface area (Å²) in [6, 6.07) is 14.5. The fraction of sp³-hybridized carbons (Fsp3) is 0.417. The van der Waals surface area contributed by atoms with E-state index in [2.05, 4.69) is 0 Å². The third-order valence-electron chi connectivity index (χ3n) is 6.84. The molecule has 0 saturated carbocycles. The zero-order valence-corrected chi connectivity index (χ0v) is 19.3. The first-order valence-electron chi connectivity index (χ1n) is 11.1. The van der Waals surface area contributed by atoms with Gasteiger partial charge in [-0.2, -0.15) is 0 Å². The Kier molecular flexibility index (Phi) is 6.56. The Morgan fingerprint density at radius 2 is 1.58 bits per heavy atom. The molecule has 2 aliphatic rings. The molecule has 0 aromatic heterocycles. The van der Waals surface area contributed by atoms with E-state index in [1.54, 1.807) is 24.0 Å². The molecule has 0 radical (unpaired) electrons. The lowest BCUT2D eigenvalue weighted by Gasteiger charge is -2.45. The predicted octanol–water partition coefficient (Wildman–Crippen LogP) is 3.48. The molecule has 0 N–H and O–H groups in total. The maximum atomic E-state index is 13.9. The number of piperidine rings is 1. The molecule has 2 aromatic rings. The molecule has 174 valence electrons. The monoisotopic (exact) mass is 470 g/mol. The van der Waals surface area contributed by atoms with Crippen molar-refractivity contribution in [2.24, 2.45) is 0 Å². The van der Waals surface area contributed by atoms with Crippen molar-refractivity contribution in [2.75, 3.05) is 44.2 Å². The smallest absolute Gasteiger partial charge is 0.294 e. The van der Waals surface area contributed by atoms with Crippen LogP contribution in [0, 0.1) is 10.1 Å². The van der Waals surface area contributed by atoms with Crippen LogP contribution in [-0.2, 0) is 15.0 Å². The highest BCUT2D eigenvalue weighted by molar-refractivity contribution is 6.30. The zero-order chi connectivity index (χ0) is 23.6. The number of nitrogens with zero attached hydrogens (tertiary/aromatic N) is 4. The van der Waals surface area contributed by atoms with Crippen LogP contribution < -0.4 is 4.90 Å². The van der Waals surface area contributed by atoms with Gasteiger partial charge in [0.2, 0.25) is 11.8 Å². The number of rotatable bonds is 4. The Bertz CT molecular complexity index is 1050. The second kappa shape index (κ2) is 9.39. The molecule has 0 atom stereocenters. The number of amides is 2. The standard InChI is InChI=1S/C24H27ClN4O4/c1-18(30)26-11-9-24(10-12-26,19-5-3-2-4-6-19)23(31)28-15-13-27(14-16-28)21-8-7-20(25)17-22(21)29(32)33/h2-8,17H,9-16H2,1H3. The van der Waals surface area contributed by atoms with Gasteiger partial charge in [-0.05, 0) is 30.5 Å². The van der Waals surface area contributed by atoms with Gasteiger partial charge in [0.25, 0.3) is 5.69 Å². The summed E-state index contributed by atoms with van der Waals surface area (Å²) in [6.45, 7) is 4.61. The molecule has 9 heteroatoms. The van der Waals surface area contributed by atoms with E-state index in [9.17, 15) is 19.7 Å². The molecule has 0 unspecified atom stereocenters. The van der Waals surface area contributed by atoms with Gasteiger partial charge in [-0.3, -0.25) is 19.7 Å². The van der Waals surface area contributed by atoms with Gasteiger partial charge in [0.05, 0.1) is 10.3 Å². The summed E-state index contributed by atoms with van der Waals surface area (Å²) in [6.07, 6.45) is 1.16. The number of anilines is 1. The Hall–Kier alpha value is -3.13. The van der Waals surface area contributed by atoms with Crippen molar-refractivity contribution in [3.63, 3.8) is 0 Å². The van der Waals surface area contributed by atoms with E-state index in [-0.39, 0.29) is 17.5 Å². The van der Waals surface area contributed by atoms with E-state index in [0.717, 1.165) is 5.56 Å². The van der Waals surface area contributed by atoms with Crippen molar-refractivity contribution in [3.8, 4) is 0 Å². The van der Waals surface area contributed by atoms with Crippen molar-refractivity contribution in [1.82, 2.24) is 9.80 Å². The largest absolute Gasteiger partial charge is 0.362 e. The van der Waals surface area contributed by atoms with E-state index >= 15 is 0 Å². The summed E-state index contributed by atoms with van der Waals surface area (Å²) in [4.78, 5) is 42.4. The van der Waals surface area contributed by atoms with Gasteiger partial charge in [-0.1, -0.05) is 41.9 Å². The summed E-state index contributed by atoms with van der Waals surface area (Å²) in [5, 5.41) is 11.8. The molecule has 2 aromatic carbocycles. The minimum Gasteiger partial charge on any atom is -0.362 e. The lowest BCUT2D eigenvalue weighted by atomic mass is 9.71. The van der Waals surface area contributed by atoms with Crippen LogP contribution in [0.4, 0.5) is 11.4 Å². The summed E-state index contributed by atoms with van der Waals surface area (Å²) >= 11 is 5.95. The fourth-order valence-electron chi connectivity index (χ4n) is 4.95. The summed E-state index contributed by atoms with van der Waals surface area (Å²) in [7, 11) is 0. The number of nitro benzene ring substituents is 1. The maximum Gasteiger partial charge on any atom is 0.294 e. The molecule has 0 bridgehead atoms. The second-order valence-corrected chi connectivity index (χ2v) is 9.06. The van der Waals surface area contributed by atoms with Crippen LogP contribution >= 0.6 is 11.6 Å². The van der Waals surface area contributed by atoms with Gasteiger partial charge in [-0.15, -0.1) is 0 Å². The molecule has 2 saturated heterocycles. The van der Waals surface area contributed by atoms with E-state index in [1.165, 1.54) is 6.07 Å². The summed E-state index contributed by atoms with van der Waals surface area (Å²) < 4.78 is 0. The topological polar surface area (TPSA) is 87.0 Å². The van der Waals surface area contributed by atoms with Crippen LogP contribution in [0.15, 0.2) is 48.5 Å². The summed E-state index contributed by atoms with van der Waals surface area (Å²) in [5.41, 5.74) is 0.805. The van der Waals surface area contributed by atoms with Crippen molar-refractivity contribution in [2.45, 2.75) is 25.2 Å². The molecule has 2 amide bonds. The molecule has 2 heterocycles. The first-order chi connectivity index (χ1) is 15.8. The summed E-state index contributed by atoms with van der Waals surface area (Å²) in [5.74, 6) is 0.101. The van der Waals surface area contributed by atoms with Crippen LogP contribution in [0.1, 0.15) is 25.3 Å². The van der Waals surface area contributed by atoms with Crippen molar-refractivity contribution >= 4 is 34.8 Å². The fourth-order valence-corrected chi connectivity index (χ4v) is 5.12. The molecule has 4 rings (SSSR count). The number of benzene rings is 2. The third kappa shape index (κ3) is 4.53. The Morgan fingerprint density at radius 1 is 0.939 bits per heavy atom. The van der Waals surface area contributed by atoms with Crippen LogP contribution in [0.25, 0.3) is 0 Å². The van der Waals surface area contributed by atoms with Crippen LogP contribution in [0.5, 0.6) is 0 Å². The molecule has 2 fully saturated rings. The number of nitro groups is 1. The highest BCUT2D eigenvalue weighted by Gasteiger charge is 2.46. The number of halogens is 1. The SMILES string of the molecule is CC(=O)N1CCC(C(=O)N2CCN(c3ccc(Cl)cc3[N+](=O)[O-])CC2)(c2ccccc2)CC1. The van der Waals surface area contributed by atoms with E-state index in [0.29, 0.717) is 62.8 Å². The highest BCUT2D eigenvalue weighted by Crippen LogP contribution is 2.38. The quantitative estimate of drug-likeness (QED) is 0.504. The Balaban J connectivity index is 1.53. The van der Waals surface area contributed by atoms with Gasteiger partial charge >= 0.3 is 0 Å². The third-order valence-corrected chi connectivity index (χ3v) is 7.07. The first-order valence-corrected chi connectivity index (χ1v) is 11.5. The highest BCUT2D eigenvalue weighted by atomic mass is 35.5. The zero-order valence-electron chi connectivity index (χ0n) is 18.6. The minimum atomic E-state index is -0.665. The molecule has 33 heavy (non-hydrogen) atoms. The van der Waals surface area contributed by atoms with Crippen LogP contribution in [0.3, 0.4) is 0 Å². The number of carbonyl (C=O) groups is 2. The predicted molar refractivity (Wildman–Crippen MR) is 127 cm³/mol. The van der Waals surface area contributed by atoms with Gasteiger partial charge < -0.3 is 14.7 Å². The number of piperazine rings is 1. The molecule has 2 aliphatic heterocycles. The molecular formula is C24H27ClN4O4. The van der Waals surface area contributed by atoms with Crippen molar-refractivity contribution in [3.05, 3.63) is 69.2 Å². The average Bonchev–Trinajstić information content (AvgIpc) is 2.84. The van der Waals surface area contributed by atoms with Crippen LogP contribution in [-0.4, -0.2) is 65.8 Å². The maximum absolute atomic E-state index is 13.9. The van der Waals surface area contributed by atoms with Gasteiger partial charge in [-0.25, -0.2) is 0 Å².